The smallest absolute Gasteiger partial charge is 0.253 e. The van der Waals surface area contributed by atoms with Gasteiger partial charge in [0.15, 0.2) is 0 Å². The zero-order chi connectivity index (χ0) is 22.4. The fourth-order valence-corrected chi connectivity index (χ4v) is 3.98. The molecule has 1 aliphatic heterocycles. The predicted molar refractivity (Wildman–Crippen MR) is 118 cm³/mol. The van der Waals surface area contributed by atoms with E-state index in [9.17, 15) is 9.59 Å². The van der Waals surface area contributed by atoms with E-state index < -0.39 is 5.92 Å². The summed E-state index contributed by atoms with van der Waals surface area (Å²) in [6.07, 6.45) is 0. The Hall–Kier alpha value is -2.77. The number of carbonyl (C=O) groups is 2. The van der Waals surface area contributed by atoms with Crippen molar-refractivity contribution >= 4 is 23.4 Å². The first kappa shape index (κ1) is 22.9. The molecule has 1 saturated heterocycles. The largest absolute Gasteiger partial charge is 0.497 e. The van der Waals surface area contributed by atoms with Crippen molar-refractivity contribution in [2.75, 3.05) is 47.6 Å². The molecule has 1 heterocycles. The van der Waals surface area contributed by atoms with Gasteiger partial charge in [-0.25, -0.2) is 0 Å². The van der Waals surface area contributed by atoms with Gasteiger partial charge >= 0.3 is 0 Å². The first-order chi connectivity index (χ1) is 15.0. The van der Waals surface area contributed by atoms with Gasteiger partial charge in [0.05, 0.1) is 26.7 Å². The van der Waals surface area contributed by atoms with Gasteiger partial charge in [-0.2, -0.15) is 0 Å². The molecule has 2 aromatic rings. The second-order valence-corrected chi connectivity index (χ2v) is 7.76. The van der Waals surface area contributed by atoms with Gasteiger partial charge in [0.25, 0.3) is 5.91 Å². The van der Waals surface area contributed by atoms with E-state index in [0.717, 1.165) is 5.56 Å². The minimum atomic E-state index is -0.421. The molecule has 31 heavy (non-hydrogen) atoms. The minimum Gasteiger partial charge on any atom is -0.497 e. The summed E-state index contributed by atoms with van der Waals surface area (Å²) in [5.41, 5.74) is 1.40. The van der Waals surface area contributed by atoms with Crippen LogP contribution < -0.4 is 14.8 Å². The summed E-state index contributed by atoms with van der Waals surface area (Å²) >= 11 is 5.95. The Morgan fingerprint density at radius 3 is 2.45 bits per heavy atom. The number of halogens is 1. The highest BCUT2D eigenvalue weighted by Gasteiger charge is 2.41. The van der Waals surface area contributed by atoms with E-state index in [1.165, 1.54) is 0 Å². The van der Waals surface area contributed by atoms with Crippen molar-refractivity contribution in [2.24, 2.45) is 5.92 Å². The Morgan fingerprint density at radius 2 is 1.81 bits per heavy atom. The molecular formula is C23H27ClN2O5. The summed E-state index contributed by atoms with van der Waals surface area (Å²) < 4.78 is 15.9. The quantitative estimate of drug-likeness (QED) is 0.631. The summed E-state index contributed by atoms with van der Waals surface area (Å²) in [6, 6.07) is 12.3. The average Bonchev–Trinajstić information content (AvgIpc) is 3.24. The number of ether oxygens (including phenoxy) is 3. The third kappa shape index (κ3) is 5.29. The highest BCUT2D eigenvalue weighted by Crippen LogP contribution is 2.39. The van der Waals surface area contributed by atoms with Crippen molar-refractivity contribution in [3.63, 3.8) is 0 Å². The maximum Gasteiger partial charge on any atom is 0.253 e. The number of nitrogens with zero attached hydrogens (tertiary/aromatic N) is 1. The van der Waals surface area contributed by atoms with Crippen LogP contribution in [0.2, 0.25) is 5.02 Å². The number of rotatable bonds is 8. The van der Waals surface area contributed by atoms with E-state index in [1.54, 1.807) is 56.6 Å². The van der Waals surface area contributed by atoms with Gasteiger partial charge < -0.3 is 24.4 Å². The second-order valence-electron chi connectivity index (χ2n) is 7.32. The number of nitrogens with one attached hydrogen (secondary N) is 1. The molecule has 1 fully saturated rings. The Bertz CT molecular complexity index is 919. The van der Waals surface area contributed by atoms with Gasteiger partial charge in [0.1, 0.15) is 11.5 Å². The van der Waals surface area contributed by atoms with Crippen LogP contribution in [0.3, 0.4) is 0 Å². The maximum absolute atomic E-state index is 13.1. The fourth-order valence-electron chi connectivity index (χ4n) is 3.86. The van der Waals surface area contributed by atoms with E-state index in [-0.39, 0.29) is 17.7 Å². The second kappa shape index (κ2) is 10.5. The number of benzene rings is 2. The number of likely N-dealkylation sites (tertiary alicyclic amines) is 1. The zero-order valence-electron chi connectivity index (χ0n) is 17.9. The Morgan fingerprint density at radius 1 is 1.06 bits per heavy atom. The lowest BCUT2D eigenvalue weighted by Crippen LogP contribution is -2.37. The lowest BCUT2D eigenvalue weighted by atomic mass is 9.87. The molecule has 2 amide bonds. The monoisotopic (exact) mass is 446 g/mol. The van der Waals surface area contributed by atoms with Crippen molar-refractivity contribution < 1.29 is 23.8 Å². The number of methoxy groups -OCH3 is 3. The highest BCUT2D eigenvalue weighted by molar-refractivity contribution is 6.30. The van der Waals surface area contributed by atoms with Crippen LogP contribution >= 0.6 is 11.6 Å². The standard InChI is InChI=1S/C23H27ClN2O5/c1-29-11-10-25-22(27)20-14-26(23(28)15-4-6-16(24)7-5-15)13-19(20)18-9-8-17(30-2)12-21(18)31-3/h4-9,12,19-20H,10-11,13-14H2,1-3H3,(H,25,27)/t19-,20-/m1/s1. The van der Waals surface area contributed by atoms with Crippen LogP contribution in [0.1, 0.15) is 21.8 Å². The van der Waals surface area contributed by atoms with Gasteiger partial charge in [-0.05, 0) is 30.3 Å². The first-order valence-corrected chi connectivity index (χ1v) is 10.4. The Kier molecular flexibility index (Phi) is 7.76. The number of hydrogen-bond donors (Lipinski definition) is 1. The molecule has 0 aromatic heterocycles. The van der Waals surface area contributed by atoms with Crippen molar-refractivity contribution in [2.45, 2.75) is 5.92 Å². The van der Waals surface area contributed by atoms with E-state index in [2.05, 4.69) is 5.32 Å². The van der Waals surface area contributed by atoms with Crippen molar-refractivity contribution in [1.29, 1.82) is 0 Å². The van der Waals surface area contributed by atoms with Crippen LogP contribution in [-0.4, -0.2) is 64.3 Å². The SMILES string of the molecule is COCCNC(=O)[C@@H]1CN(C(=O)c2ccc(Cl)cc2)C[C@@H]1c1ccc(OC)cc1OC. The van der Waals surface area contributed by atoms with Crippen molar-refractivity contribution in [1.82, 2.24) is 10.2 Å². The normalized spacial score (nSPS) is 18.0. The summed E-state index contributed by atoms with van der Waals surface area (Å²) in [6.45, 7) is 1.53. The summed E-state index contributed by atoms with van der Waals surface area (Å²) in [4.78, 5) is 27.8. The molecule has 0 spiro atoms. The van der Waals surface area contributed by atoms with Crippen molar-refractivity contribution in [3.05, 3.63) is 58.6 Å². The summed E-state index contributed by atoms with van der Waals surface area (Å²) in [5, 5.41) is 3.47. The fraction of sp³-hybridized carbons (Fsp3) is 0.391. The Labute approximate surface area is 187 Å². The summed E-state index contributed by atoms with van der Waals surface area (Å²) in [5.74, 6) is 0.385. The van der Waals surface area contributed by atoms with Gasteiger partial charge in [0.2, 0.25) is 5.91 Å². The van der Waals surface area contributed by atoms with Crippen LogP contribution in [0.25, 0.3) is 0 Å². The lowest BCUT2D eigenvalue weighted by Gasteiger charge is -2.21. The number of hydrogen-bond acceptors (Lipinski definition) is 5. The molecule has 1 N–H and O–H groups in total. The first-order valence-electron chi connectivity index (χ1n) is 10.0. The third-order valence-electron chi connectivity index (χ3n) is 5.48. The van der Waals surface area contributed by atoms with E-state index in [0.29, 0.717) is 48.3 Å². The van der Waals surface area contributed by atoms with E-state index in [1.807, 2.05) is 12.1 Å². The molecule has 0 unspecified atom stereocenters. The molecule has 166 valence electrons. The molecular weight excluding hydrogens is 420 g/mol. The Balaban J connectivity index is 1.89. The number of carbonyl (C=O) groups excluding carboxylic acids is 2. The van der Waals surface area contributed by atoms with Gasteiger partial charge in [-0.15, -0.1) is 0 Å². The minimum absolute atomic E-state index is 0.119. The third-order valence-corrected chi connectivity index (χ3v) is 5.73. The van der Waals surface area contributed by atoms with Gasteiger partial charge in [0, 0.05) is 54.9 Å². The maximum atomic E-state index is 13.1. The molecule has 3 rings (SSSR count). The molecule has 2 atom stereocenters. The van der Waals surface area contributed by atoms with Crippen LogP contribution in [0, 0.1) is 5.92 Å². The molecule has 1 aliphatic rings. The van der Waals surface area contributed by atoms with Crippen LogP contribution in [0.15, 0.2) is 42.5 Å². The van der Waals surface area contributed by atoms with Gasteiger partial charge in [-0.1, -0.05) is 17.7 Å². The highest BCUT2D eigenvalue weighted by atomic mass is 35.5. The van der Waals surface area contributed by atoms with E-state index in [4.69, 9.17) is 25.8 Å². The molecule has 0 aliphatic carbocycles. The zero-order valence-corrected chi connectivity index (χ0v) is 18.6. The van der Waals surface area contributed by atoms with Crippen LogP contribution in [-0.2, 0) is 9.53 Å². The van der Waals surface area contributed by atoms with Crippen LogP contribution in [0.5, 0.6) is 11.5 Å². The van der Waals surface area contributed by atoms with Gasteiger partial charge in [-0.3, -0.25) is 9.59 Å². The molecule has 2 aromatic carbocycles. The summed E-state index contributed by atoms with van der Waals surface area (Å²) in [7, 11) is 4.75. The van der Waals surface area contributed by atoms with E-state index >= 15 is 0 Å². The molecule has 0 bridgehead atoms. The number of amides is 2. The average molecular weight is 447 g/mol. The molecule has 0 saturated carbocycles. The molecule has 8 heteroatoms. The predicted octanol–water partition coefficient (Wildman–Crippen LogP) is 2.98. The van der Waals surface area contributed by atoms with Crippen molar-refractivity contribution in [3.8, 4) is 11.5 Å². The topological polar surface area (TPSA) is 77.1 Å². The molecule has 0 radical (unpaired) electrons. The lowest BCUT2D eigenvalue weighted by molar-refractivity contribution is -0.125. The van der Waals surface area contributed by atoms with Crippen LogP contribution in [0.4, 0.5) is 0 Å². The molecule has 7 nitrogen and oxygen atoms in total.